The molecule has 0 aliphatic carbocycles. The second-order valence-corrected chi connectivity index (χ2v) is 2.54. The zero-order chi connectivity index (χ0) is 10.2. The summed E-state index contributed by atoms with van der Waals surface area (Å²) in [6.07, 6.45) is 0. The third-order valence-electron chi connectivity index (χ3n) is 1.49. The minimum Gasteiger partial charge on any atom is -0.273 e. The van der Waals surface area contributed by atoms with Crippen LogP contribution in [-0.4, -0.2) is 39.3 Å². The molecule has 7 heteroatoms. The van der Waals surface area contributed by atoms with Crippen molar-refractivity contribution in [3.05, 3.63) is 4.91 Å². The summed E-state index contributed by atoms with van der Waals surface area (Å²) in [6.45, 7) is 1.70. The van der Waals surface area contributed by atoms with Gasteiger partial charge in [0, 0.05) is 19.0 Å². The maximum Gasteiger partial charge on any atom is 0.326 e. The van der Waals surface area contributed by atoms with Gasteiger partial charge in [-0.05, 0) is 0 Å². The van der Waals surface area contributed by atoms with Crippen LogP contribution in [-0.2, 0) is 14.4 Å². The summed E-state index contributed by atoms with van der Waals surface area (Å²) >= 11 is 0. The zero-order valence-electron chi connectivity index (χ0n) is 7.18. The van der Waals surface area contributed by atoms with E-state index in [4.69, 9.17) is 0 Å². The molecule has 0 unspecified atom stereocenters. The van der Waals surface area contributed by atoms with Gasteiger partial charge in [-0.1, -0.05) is 0 Å². The van der Waals surface area contributed by atoms with E-state index in [0.717, 1.165) is 13.8 Å². The fourth-order valence-electron chi connectivity index (χ4n) is 1.06. The molecule has 1 fully saturated rings. The first-order chi connectivity index (χ1) is 5.95. The predicted octanol–water partition coefficient (Wildman–Crippen LogP) is -1.17. The number of amides is 3. The van der Waals surface area contributed by atoms with Gasteiger partial charge in [-0.25, -0.2) is 0 Å². The molecule has 0 saturated carbocycles. The summed E-state index contributed by atoms with van der Waals surface area (Å²) in [5.74, 6) is -2.02. The Morgan fingerprint density at radius 3 is 2.15 bits per heavy atom. The minimum absolute atomic E-state index is 0.145. The monoisotopic (exact) mass is 186 g/mol. The van der Waals surface area contributed by atoms with Crippen LogP contribution in [0.2, 0.25) is 0 Å². The number of hydrazine groups is 2. The molecule has 70 valence electrons. The molecule has 0 aromatic heterocycles. The van der Waals surface area contributed by atoms with Crippen molar-refractivity contribution in [2.75, 3.05) is 6.54 Å². The second-order valence-electron chi connectivity index (χ2n) is 2.54. The molecule has 1 heterocycles. The van der Waals surface area contributed by atoms with E-state index >= 15 is 0 Å². The topological polar surface area (TPSA) is 77.8 Å². The van der Waals surface area contributed by atoms with Gasteiger partial charge in [-0.3, -0.25) is 14.4 Å². The van der Waals surface area contributed by atoms with Gasteiger partial charge in [0.25, 0.3) is 0 Å². The van der Waals surface area contributed by atoms with Gasteiger partial charge in [-0.15, -0.1) is 5.01 Å². The van der Waals surface area contributed by atoms with Gasteiger partial charge >= 0.3 is 18.4 Å². The molecular weight excluding hydrogens is 178 g/mol. The summed E-state index contributed by atoms with van der Waals surface area (Å²) in [6, 6.07) is 0. The van der Waals surface area contributed by atoms with Crippen molar-refractivity contribution in [2.45, 2.75) is 13.8 Å². The molecule has 0 aromatic carbocycles. The molecule has 13 heavy (non-hydrogen) atoms. The van der Waals surface area contributed by atoms with Crippen molar-refractivity contribution in [1.82, 2.24) is 10.1 Å². The van der Waals surface area contributed by atoms with E-state index in [0.29, 0.717) is 10.1 Å². The van der Waals surface area contributed by atoms with Crippen LogP contribution < -0.4 is 0 Å². The molecule has 0 aromatic rings. The van der Waals surface area contributed by atoms with Crippen LogP contribution in [0.25, 0.3) is 0 Å². The van der Waals surface area contributed by atoms with Gasteiger partial charge in [-0.2, -0.15) is 0 Å². The lowest BCUT2D eigenvalue weighted by molar-refractivity contribution is -0.686. The molecule has 0 spiro atoms. The first-order valence-electron chi connectivity index (χ1n) is 3.54. The second kappa shape index (κ2) is 2.92. The minimum atomic E-state index is -0.697. The van der Waals surface area contributed by atoms with Crippen molar-refractivity contribution in [2.24, 2.45) is 0 Å². The van der Waals surface area contributed by atoms with E-state index in [1.54, 1.807) is 0 Å². The lowest BCUT2D eigenvalue weighted by Gasteiger charge is -2.12. The molecule has 0 atom stereocenters. The quantitative estimate of drug-likeness (QED) is 0.447. The Labute approximate surface area is 73.4 Å². The van der Waals surface area contributed by atoms with E-state index in [1.807, 2.05) is 0 Å². The molecule has 7 nitrogen and oxygen atoms in total. The van der Waals surface area contributed by atoms with E-state index in [1.165, 1.54) is 0 Å². The molecule has 1 saturated heterocycles. The van der Waals surface area contributed by atoms with Crippen LogP contribution in [0.15, 0.2) is 0 Å². The van der Waals surface area contributed by atoms with Crippen LogP contribution in [0.5, 0.6) is 0 Å². The fraction of sp³-hybridized carbons (Fsp3) is 0.500. The van der Waals surface area contributed by atoms with Crippen LogP contribution in [0, 0.1) is 4.91 Å². The lowest BCUT2D eigenvalue weighted by Crippen LogP contribution is -2.46. The Bertz CT molecular complexity index is 281. The fourth-order valence-corrected chi connectivity index (χ4v) is 1.06. The standard InChI is InChI=1S/C6H8N3O4/c1-4(10)8-6(12)3-7(13)9(8)5(2)11/h3H2,1-2H3/q+1. The summed E-state index contributed by atoms with van der Waals surface area (Å²) in [7, 11) is 0. The van der Waals surface area contributed by atoms with E-state index in [9.17, 15) is 19.3 Å². The maximum atomic E-state index is 11.0. The smallest absolute Gasteiger partial charge is 0.273 e. The molecule has 3 amide bonds. The van der Waals surface area contributed by atoms with Crippen LogP contribution in [0.1, 0.15) is 13.8 Å². The first-order valence-corrected chi connectivity index (χ1v) is 3.54. The van der Waals surface area contributed by atoms with Gasteiger partial charge in [0.2, 0.25) is 5.91 Å². The lowest BCUT2D eigenvalue weighted by atomic mass is 10.5. The number of rotatable bonds is 0. The highest BCUT2D eigenvalue weighted by molar-refractivity contribution is 5.97. The highest BCUT2D eigenvalue weighted by atomic mass is 16.4. The summed E-state index contributed by atoms with van der Waals surface area (Å²) in [4.78, 5) is 43.8. The van der Waals surface area contributed by atoms with E-state index < -0.39 is 24.3 Å². The zero-order valence-corrected chi connectivity index (χ0v) is 7.18. The third kappa shape index (κ3) is 1.40. The molecule has 1 rings (SSSR count). The number of hydrogen-bond acceptors (Lipinski definition) is 4. The SMILES string of the molecule is CC(=O)N1C(=O)C[N+](=O)N1C(C)=O. The summed E-state index contributed by atoms with van der Waals surface area (Å²) in [5.41, 5.74) is 0. The van der Waals surface area contributed by atoms with Crippen LogP contribution >= 0.6 is 0 Å². The van der Waals surface area contributed by atoms with Crippen molar-refractivity contribution in [3.8, 4) is 0 Å². The predicted molar refractivity (Wildman–Crippen MR) is 38.5 cm³/mol. The molecule has 1 aliphatic heterocycles. The number of nitroso groups, excluding NO2 is 1. The number of carbonyl (C=O) groups excluding carboxylic acids is 3. The Morgan fingerprint density at radius 1 is 1.31 bits per heavy atom. The Hall–Kier alpha value is -1.79. The Kier molecular flexibility index (Phi) is 2.09. The molecule has 0 bridgehead atoms. The molecule has 0 radical (unpaired) electrons. The van der Waals surface area contributed by atoms with E-state index in [-0.39, 0.29) is 4.87 Å². The van der Waals surface area contributed by atoms with Gasteiger partial charge in [0.1, 0.15) is 0 Å². The largest absolute Gasteiger partial charge is 0.326 e. The van der Waals surface area contributed by atoms with Gasteiger partial charge < -0.3 is 0 Å². The van der Waals surface area contributed by atoms with Crippen molar-refractivity contribution >= 4 is 17.7 Å². The Balaban J connectivity index is 3.03. The highest BCUT2D eigenvalue weighted by Gasteiger charge is 2.48. The Morgan fingerprint density at radius 2 is 1.85 bits per heavy atom. The molecular formula is C6H8N3O4+. The molecule has 0 N–H and O–H groups in total. The highest BCUT2D eigenvalue weighted by Crippen LogP contribution is 2.09. The average molecular weight is 186 g/mol. The van der Waals surface area contributed by atoms with Crippen LogP contribution in [0.3, 0.4) is 0 Å². The molecule has 1 aliphatic rings. The van der Waals surface area contributed by atoms with Crippen molar-refractivity contribution < 1.29 is 19.3 Å². The normalized spacial score (nSPS) is 16.8. The summed E-state index contributed by atoms with van der Waals surface area (Å²) < 4.78 is 0. The van der Waals surface area contributed by atoms with E-state index in [2.05, 4.69) is 0 Å². The number of nitrogens with zero attached hydrogens (tertiary/aromatic N) is 3. The third-order valence-corrected chi connectivity index (χ3v) is 1.49. The van der Waals surface area contributed by atoms with Crippen molar-refractivity contribution in [1.29, 1.82) is 0 Å². The maximum absolute atomic E-state index is 11.0. The van der Waals surface area contributed by atoms with Crippen molar-refractivity contribution in [3.63, 3.8) is 0 Å². The number of carbonyl (C=O) groups is 3. The van der Waals surface area contributed by atoms with Gasteiger partial charge in [0.15, 0.2) is 4.87 Å². The van der Waals surface area contributed by atoms with Gasteiger partial charge in [0.05, 0.1) is 4.91 Å². The number of hydrogen-bond donors (Lipinski definition) is 0. The van der Waals surface area contributed by atoms with Crippen LogP contribution in [0.4, 0.5) is 0 Å². The first kappa shape index (κ1) is 9.30. The average Bonchev–Trinajstić information content (AvgIpc) is 2.24. The summed E-state index contributed by atoms with van der Waals surface area (Å²) in [5, 5.41) is 1.000. The number of imide groups is 1.